The second-order valence-corrected chi connectivity index (χ2v) is 9.20. The van der Waals surface area contributed by atoms with Gasteiger partial charge in [0.1, 0.15) is 0 Å². The molecule has 5 rings (SSSR count). The van der Waals surface area contributed by atoms with Crippen LogP contribution in [0.5, 0.6) is 0 Å². The Morgan fingerprint density at radius 2 is 1.96 bits per heavy atom. The van der Waals surface area contributed by atoms with Crippen LogP contribution in [0.25, 0.3) is 0 Å². The standard InChI is InChI=1S/C20H24N4S2.2ClH/c1-2-6-14(7-3-1)18-11-24-16(13-26-20(24)23-18)12-25-19-21-10-15-8-4-5-9-17(15)22-19;;/h4-5,8-9,13-14,18H,1-3,6-7,10-12H2,(H,21,22);2*1H. The van der Waals surface area contributed by atoms with Gasteiger partial charge in [0.2, 0.25) is 0 Å². The fourth-order valence-corrected chi connectivity index (χ4v) is 6.17. The lowest BCUT2D eigenvalue weighted by Gasteiger charge is -2.26. The Balaban J connectivity index is 0.00000112. The van der Waals surface area contributed by atoms with Crippen LogP contribution in [0.15, 0.2) is 45.4 Å². The topological polar surface area (TPSA) is 40.0 Å². The zero-order chi connectivity index (χ0) is 17.3. The van der Waals surface area contributed by atoms with Crippen molar-refractivity contribution in [3.8, 4) is 0 Å². The molecule has 4 aliphatic rings. The molecule has 152 valence electrons. The molecule has 3 aliphatic heterocycles. The van der Waals surface area contributed by atoms with E-state index in [1.54, 1.807) is 23.5 Å². The molecule has 1 atom stereocenters. The van der Waals surface area contributed by atoms with Crippen LogP contribution in [0, 0.1) is 5.92 Å². The lowest BCUT2D eigenvalue weighted by molar-refractivity contribution is 0.295. The second-order valence-electron chi connectivity index (χ2n) is 7.40. The molecule has 1 N–H and O–H groups in total. The minimum Gasteiger partial charge on any atom is -0.360 e. The minimum absolute atomic E-state index is 0. The smallest absolute Gasteiger partial charge is 0.168 e. The summed E-state index contributed by atoms with van der Waals surface area (Å²) < 4.78 is 0. The fourth-order valence-electron chi connectivity index (χ4n) is 4.24. The Morgan fingerprint density at radius 3 is 2.82 bits per heavy atom. The van der Waals surface area contributed by atoms with Gasteiger partial charge >= 0.3 is 0 Å². The number of halogens is 2. The first kappa shape index (κ1) is 21.9. The van der Waals surface area contributed by atoms with Crippen LogP contribution in [0.4, 0.5) is 5.69 Å². The Bertz CT molecular complexity index is 790. The van der Waals surface area contributed by atoms with E-state index in [0.717, 1.165) is 35.6 Å². The van der Waals surface area contributed by atoms with Gasteiger partial charge in [-0.1, -0.05) is 61.0 Å². The predicted molar refractivity (Wildman–Crippen MR) is 128 cm³/mol. The quantitative estimate of drug-likeness (QED) is 0.645. The molecule has 28 heavy (non-hydrogen) atoms. The average Bonchev–Trinajstić information content (AvgIpc) is 3.28. The maximum absolute atomic E-state index is 5.05. The predicted octanol–water partition coefficient (Wildman–Crippen LogP) is 5.56. The highest BCUT2D eigenvalue weighted by atomic mass is 35.5. The highest BCUT2D eigenvalue weighted by Crippen LogP contribution is 2.38. The number of benzene rings is 1. The molecule has 1 aromatic carbocycles. The van der Waals surface area contributed by atoms with Gasteiger partial charge in [-0.3, -0.25) is 4.99 Å². The molecular weight excluding hydrogens is 431 g/mol. The van der Waals surface area contributed by atoms with Gasteiger partial charge < -0.3 is 10.2 Å². The number of para-hydroxylation sites is 1. The lowest BCUT2D eigenvalue weighted by Crippen LogP contribution is -2.30. The number of amidine groups is 2. The van der Waals surface area contributed by atoms with Crippen molar-refractivity contribution in [1.29, 1.82) is 0 Å². The van der Waals surface area contributed by atoms with E-state index in [1.807, 2.05) is 0 Å². The largest absolute Gasteiger partial charge is 0.360 e. The van der Waals surface area contributed by atoms with Gasteiger partial charge in [0.25, 0.3) is 0 Å². The summed E-state index contributed by atoms with van der Waals surface area (Å²) in [6, 6.07) is 8.89. The van der Waals surface area contributed by atoms with E-state index in [4.69, 9.17) is 9.98 Å². The molecule has 1 saturated carbocycles. The molecule has 1 aromatic rings. The van der Waals surface area contributed by atoms with Gasteiger partial charge in [-0.2, -0.15) is 0 Å². The van der Waals surface area contributed by atoms with Crippen molar-refractivity contribution in [1.82, 2.24) is 10.2 Å². The van der Waals surface area contributed by atoms with Crippen molar-refractivity contribution in [2.24, 2.45) is 15.9 Å². The Hall–Kier alpha value is -0.820. The lowest BCUT2D eigenvalue weighted by atomic mass is 9.84. The van der Waals surface area contributed by atoms with E-state index >= 15 is 0 Å². The molecule has 0 aromatic heterocycles. The number of thioether (sulfide) groups is 2. The van der Waals surface area contributed by atoms with Crippen molar-refractivity contribution in [2.75, 3.05) is 12.3 Å². The molecule has 4 nitrogen and oxygen atoms in total. The number of hydrogen-bond donors (Lipinski definition) is 1. The molecule has 1 fully saturated rings. The van der Waals surface area contributed by atoms with Crippen LogP contribution >= 0.6 is 48.3 Å². The average molecular weight is 457 g/mol. The molecule has 1 aliphatic carbocycles. The third kappa shape index (κ3) is 4.50. The SMILES string of the molecule is C1=C(CSC2=Nc3ccccc3CN2)N2CC(C3CCCCC3)N=C2S1.Cl.Cl. The van der Waals surface area contributed by atoms with E-state index in [1.165, 1.54) is 48.5 Å². The van der Waals surface area contributed by atoms with Gasteiger partial charge in [0, 0.05) is 24.5 Å². The molecule has 3 heterocycles. The molecule has 0 saturated heterocycles. The molecule has 8 heteroatoms. The highest BCUT2D eigenvalue weighted by molar-refractivity contribution is 8.17. The van der Waals surface area contributed by atoms with Crippen molar-refractivity contribution < 1.29 is 0 Å². The summed E-state index contributed by atoms with van der Waals surface area (Å²) in [6.45, 7) is 1.96. The van der Waals surface area contributed by atoms with E-state index in [-0.39, 0.29) is 24.8 Å². The maximum atomic E-state index is 5.05. The summed E-state index contributed by atoms with van der Waals surface area (Å²) in [5, 5.41) is 7.98. The van der Waals surface area contributed by atoms with Gasteiger partial charge in [-0.25, -0.2) is 4.99 Å². The van der Waals surface area contributed by atoms with Crippen LogP contribution in [0.1, 0.15) is 37.7 Å². The summed E-state index contributed by atoms with van der Waals surface area (Å²) in [5.41, 5.74) is 3.77. The first-order chi connectivity index (χ1) is 12.9. The fraction of sp³-hybridized carbons (Fsp3) is 0.500. The zero-order valence-corrected chi connectivity index (χ0v) is 18.9. The number of nitrogens with one attached hydrogen (secondary N) is 1. The minimum atomic E-state index is 0. The van der Waals surface area contributed by atoms with E-state index < -0.39 is 0 Å². The van der Waals surface area contributed by atoms with Crippen LogP contribution in [0.3, 0.4) is 0 Å². The third-order valence-corrected chi connectivity index (χ3v) is 7.59. The Labute approximate surface area is 187 Å². The van der Waals surface area contributed by atoms with Gasteiger partial charge in [0.05, 0.1) is 11.7 Å². The number of fused-ring (bicyclic) bond motifs is 2. The van der Waals surface area contributed by atoms with Crippen LogP contribution in [0.2, 0.25) is 0 Å². The molecule has 1 unspecified atom stereocenters. The maximum Gasteiger partial charge on any atom is 0.168 e. The summed E-state index contributed by atoms with van der Waals surface area (Å²) >= 11 is 3.61. The van der Waals surface area contributed by atoms with Crippen molar-refractivity contribution >= 4 is 64.4 Å². The van der Waals surface area contributed by atoms with Crippen LogP contribution in [-0.2, 0) is 6.54 Å². The Kier molecular flexibility index (Phi) is 7.65. The first-order valence-corrected chi connectivity index (χ1v) is 11.5. The number of aliphatic imine (C=N–C) groups is 2. The van der Waals surface area contributed by atoms with Gasteiger partial charge in [0.15, 0.2) is 10.3 Å². The Morgan fingerprint density at radius 1 is 1.14 bits per heavy atom. The van der Waals surface area contributed by atoms with E-state index in [9.17, 15) is 0 Å². The molecular formula is C20H26Cl2N4S2. The first-order valence-electron chi connectivity index (χ1n) is 9.61. The van der Waals surface area contributed by atoms with Crippen molar-refractivity contribution in [3.05, 3.63) is 40.9 Å². The summed E-state index contributed by atoms with van der Waals surface area (Å²) in [7, 11) is 0. The van der Waals surface area contributed by atoms with Gasteiger partial charge in [-0.15, -0.1) is 24.8 Å². The third-order valence-electron chi connectivity index (χ3n) is 5.72. The number of hydrogen-bond acceptors (Lipinski definition) is 6. The molecule has 0 amide bonds. The highest BCUT2D eigenvalue weighted by Gasteiger charge is 2.36. The van der Waals surface area contributed by atoms with Crippen molar-refractivity contribution in [2.45, 2.75) is 44.7 Å². The normalized spacial score (nSPS) is 23.4. The van der Waals surface area contributed by atoms with E-state index in [2.05, 4.69) is 39.9 Å². The molecule has 0 radical (unpaired) electrons. The zero-order valence-electron chi connectivity index (χ0n) is 15.7. The summed E-state index contributed by atoms with van der Waals surface area (Å²) in [4.78, 5) is 12.3. The van der Waals surface area contributed by atoms with Crippen molar-refractivity contribution in [3.63, 3.8) is 0 Å². The summed E-state index contributed by atoms with van der Waals surface area (Å²) in [6.07, 6.45) is 6.94. The van der Waals surface area contributed by atoms with Crippen LogP contribution in [-0.4, -0.2) is 33.6 Å². The second kappa shape index (κ2) is 9.79. The molecule has 0 spiro atoms. The number of nitrogens with zero attached hydrogens (tertiary/aromatic N) is 3. The number of rotatable bonds is 3. The van der Waals surface area contributed by atoms with Gasteiger partial charge in [-0.05, 0) is 35.8 Å². The van der Waals surface area contributed by atoms with Crippen LogP contribution < -0.4 is 5.32 Å². The molecule has 0 bridgehead atoms. The summed E-state index contributed by atoms with van der Waals surface area (Å²) in [5.74, 6) is 1.76. The van der Waals surface area contributed by atoms with E-state index in [0.29, 0.717) is 6.04 Å². The monoisotopic (exact) mass is 456 g/mol.